The molecule has 2 aromatic heterocycles. The van der Waals surface area contributed by atoms with E-state index < -0.39 is 0 Å². The lowest BCUT2D eigenvalue weighted by atomic mass is 10.1. The van der Waals surface area contributed by atoms with Gasteiger partial charge in [0.1, 0.15) is 11.0 Å². The number of H-pyrrole nitrogens is 1. The van der Waals surface area contributed by atoms with Gasteiger partial charge >= 0.3 is 0 Å². The van der Waals surface area contributed by atoms with E-state index in [1.54, 1.807) is 0 Å². The lowest BCUT2D eigenvalue weighted by molar-refractivity contribution is 0.686. The number of aromatic nitrogens is 2. The van der Waals surface area contributed by atoms with Crippen LogP contribution in [0.1, 0.15) is 31.4 Å². The maximum atomic E-state index is 6.40. The first kappa shape index (κ1) is 18.7. The van der Waals surface area contributed by atoms with Crippen molar-refractivity contribution in [2.45, 2.75) is 33.2 Å². The van der Waals surface area contributed by atoms with Crippen molar-refractivity contribution < 1.29 is 0 Å². The Bertz CT molecular complexity index is 843. The highest BCUT2D eigenvalue weighted by molar-refractivity contribution is 6.30. The van der Waals surface area contributed by atoms with Gasteiger partial charge in [0.15, 0.2) is 0 Å². The quantitative estimate of drug-likeness (QED) is 0.420. The minimum absolute atomic E-state index is 0.594. The lowest BCUT2D eigenvalue weighted by Crippen LogP contribution is -2.24. The molecule has 3 aromatic rings. The number of hydrogen-bond acceptors (Lipinski definition) is 3. The molecule has 1 aromatic carbocycles. The Morgan fingerprint density at radius 2 is 1.96 bits per heavy atom. The van der Waals surface area contributed by atoms with Gasteiger partial charge < -0.3 is 15.2 Å². The molecule has 0 amide bonds. The second kappa shape index (κ2) is 9.06. The second-order valence-electron chi connectivity index (χ2n) is 6.49. The maximum Gasteiger partial charge on any atom is 0.135 e. The van der Waals surface area contributed by atoms with Gasteiger partial charge in [0, 0.05) is 42.3 Å². The van der Waals surface area contributed by atoms with Crippen molar-refractivity contribution in [1.82, 2.24) is 15.3 Å². The van der Waals surface area contributed by atoms with Crippen molar-refractivity contribution >= 4 is 28.3 Å². The Morgan fingerprint density at radius 3 is 2.73 bits per heavy atom. The standard InChI is InChI=1S/C21H27ClN4/c1-3-13-26(4-2)20-10-9-17(21(22)25-20)14-23-12-11-16-15-24-19-8-6-5-7-18(16)19/h5-10,15,23-24H,3-4,11-14H2,1-2H3. The molecule has 3 rings (SSSR count). The van der Waals surface area contributed by atoms with Crippen molar-refractivity contribution in [3.8, 4) is 0 Å². The SMILES string of the molecule is CCCN(CC)c1ccc(CNCCc2c[nH]c3ccccc23)c(Cl)n1. The molecule has 0 saturated carbocycles. The van der Waals surface area contributed by atoms with Crippen LogP contribution in [0, 0.1) is 0 Å². The zero-order chi connectivity index (χ0) is 18.4. The number of para-hydroxylation sites is 1. The summed E-state index contributed by atoms with van der Waals surface area (Å²) in [6.07, 6.45) is 4.18. The Morgan fingerprint density at radius 1 is 1.12 bits per heavy atom. The van der Waals surface area contributed by atoms with Gasteiger partial charge in [-0.25, -0.2) is 4.98 Å². The highest BCUT2D eigenvalue weighted by Gasteiger charge is 2.09. The molecular weight excluding hydrogens is 344 g/mol. The largest absolute Gasteiger partial charge is 0.361 e. The van der Waals surface area contributed by atoms with Gasteiger partial charge in [0.2, 0.25) is 0 Å². The predicted octanol–water partition coefficient (Wildman–Crippen LogP) is 4.78. The van der Waals surface area contributed by atoms with Crippen LogP contribution in [0.15, 0.2) is 42.6 Å². The normalized spacial score (nSPS) is 11.2. The van der Waals surface area contributed by atoms with Gasteiger partial charge in [-0.15, -0.1) is 0 Å². The van der Waals surface area contributed by atoms with E-state index in [0.29, 0.717) is 5.15 Å². The van der Waals surface area contributed by atoms with E-state index in [9.17, 15) is 0 Å². The Kier molecular flexibility index (Phi) is 6.53. The molecule has 0 spiro atoms. The second-order valence-corrected chi connectivity index (χ2v) is 6.84. The predicted molar refractivity (Wildman–Crippen MR) is 111 cm³/mol. The molecule has 0 unspecified atom stereocenters. The Labute approximate surface area is 160 Å². The van der Waals surface area contributed by atoms with Gasteiger partial charge in [-0.3, -0.25) is 0 Å². The first-order valence-corrected chi connectivity index (χ1v) is 9.76. The third-order valence-corrected chi connectivity index (χ3v) is 5.00. The Balaban J connectivity index is 1.55. The summed E-state index contributed by atoms with van der Waals surface area (Å²) in [6, 6.07) is 12.6. The summed E-state index contributed by atoms with van der Waals surface area (Å²) in [5.41, 5.74) is 3.57. The van der Waals surface area contributed by atoms with Crippen LogP contribution in [0.4, 0.5) is 5.82 Å². The zero-order valence-corrected chi connectivity index (χ0v) is 16.3. The van der Waals surface area contributed by atoms with Crippen LogP contribution < -0.4 is 10.2 Å². The average Bonchev–Trinajstić information content (AvgIpc) is 3.07. The number of anilines is 1. The number of fused-ring (bicyclic) bond motifs is 1. The minimum atomic E-state index is 0.594. The molecule has 0 aliphatic rings. The molecule has 0 aliphatic carbocycles. The minimum Gasteiger partial charge on any atom is -0.361 e. The molecule has 138 valence electrons. The van der Waals surface area contributed by atoms with Crippen LogP contribution in [-0.2, 0) is 13.0 Å². The summed E-state index contributed by atoms with van der Waals surface area (Å²) >= 11 is 6.40. The van der Waals surface area contributed by atoms with Crippen LogP contribution in [-0.4, -0.2) is 29.6 Å². The summed E-state index contributed by atoms with van der Waals surface area (Å²) in [6.45, 7) is 7.90. The molecule has 0 fully saturated rings. The van der Waals surface area contributed by atoms with Gasteiger partial charge in [-0.1, -0.05) is 42.8 Å². The van der Waals surface area contributed by atoms with Crippen LogP contribution in [0.5, 0.6) is 0 Å². The summed E-state index contributed by atoms with van der Waals surface area (Å²) in [5.74, 6) is 0.960. The van der Waals surface area contributed by atoms with Crippen LogP contribution in [0.2, 0.25) is 5.15 Å². The van der Waals surface area contributed by atoms with E-state index in [2.05, 4.69) is 76.6 Å². The summed E-state index contributed by atoms with van der Waals surface area (Å²) in [7, 11) is 0. The van der Waals surface area contributed by atoms with E-state index in [0.717, 1.165) is 50.4 Å². The lowest BCUT2D eigenvalue weighted by Gasteiger charge is -2.21. The fourth-order valence-corrected chi connectivity index (χ4v) is 3.47. The highest BCUT2D eigenvalue weighted by Crippen LogP contribution is 2.20. The third-order valence-electron chi connectivity index (χ3n) is 4.67. The molecule has 5 heteroatoms. The molecule has 0 atom stereocenters. The molecule has 2 heterocycles. The smallest absolute Gasteiger partial charge is 0.135 e. The fraction of sp³-hybridized carbons (Fsp3) is 0.381. The summed E-state index contributed by atoms with van der Waals surface area (Å²) < 4.78 is 0. The molecule has 0 saturated heterocycles. The molecule has 0 aliphatic heterocycles. The van der Waals surface area contributed by atoms with Gasteiger partial charge in [-0.2, -0.15) is 0 Å². The van der Waals surface area contributed by atoms with Crippen molar-refractivity contribution in [3.05, 3.63) is 58.9 Å². The number of halogens is 1. The van der Waals surface area contributed by atoms with Gasteiger partial charge in [-0.05, 0) is 44.0 Å². The topological polar surface area (TPSA) is 44.0 Å². The van der Waals surface area contributed by atoms with Crippen LogP contribution in [0.3, 0.4) is 0 Å². The molecular formula is C21H27ClN4. The first-order valence-electron chi connectivity index (χ1n) is 9.39. The van der Waals surface area contributed by atoms with E-state index in [-0.39, 0.29) is 0 Å². The molecule has 2 N–H and O–H groups in total. The summed E-state index contributed by atoms with van der Waals surface area (Å²) in [4.78, 5) is 10.2. The highest BCUT2D eigenvalue weighted by atomic mass is 35.5. The number of aromatic amines is 1. The monoisotopic (exact) mass is 370 g/mol. The number of rotatable bonds is 9. The van der Waals surface area contributed by atoms with Gasteiger partial charge in [0.25, 0.3) is 0 Å². The molecule has 0 bridgehead atoms. The van der Waals surface area contributed by atoms with Crippen molar-refractivity contribution in [1.29, 1.82) is 0 Å². The number of nitrogens with zero attached hydrogens (tertiary/aromatic N) is 2. The average molecular weight is 371 g/mol. The van der Waals surface area contributed by atoms with E-state index in [1.165, 1.54) is 16.5 Å². The van der Waals surface area contributed by atoms with Crippen molar-refractivity contribution in [2.75, 3.05) is 24.5 Å². The summed E-state index contributed by atoms with van der Waals surface area (Å²) in [5, 5.41) is 5.38. The van der Waals surface area contributed by atoms with Crippen molar-refractivity contribution in [3.63, 3.8) is 0 Å². The molecule has 4 nitrogen and oxygen atoms in total. The maximum absolute atomic E-state index is 6.40. The van der Waals surface area contributed by atoms with Crippen LogP contribution in [0.25, 0.3) is 10.9 Å². The number of benzene rings is 1. The van der Waals surface area contributed by atoms with Gasteiger partial charge in [0.05, 0.1) is 0 Å². The van der Waals surface area contributed by atoms with Crippen molar-refractivity contribution in [2.24, 2.45) is 0 Å². The first-order chi connectivity index (χ1) is 12.7. The number of hydrogen-bond donors (Lipinski definition) is 2. The van der Waals surface area contributed by atoms with Crippen LogP contribution >= 0.6 is 11.6 Å². The van der Waals surface area contributed by atoms with E-state index in [4.69, 9.17) is 11.6 Å². The van der Waals surface area contributed by atoms with E-state index >= 15 is 0 Å². The fourth-order valence-electron chi connectivity index (χ4n) is 3.25. The van der Waals surface area contributed by atoms with E-state index in [1.807, 2.05) is 0 Å². The Hall–Kier alpha value is -2.04. The molecule has 26 heavy (non-hydrogen) atoms. The third kappa shape index (κ3) is 4.37. The number of nitrogens with one attached hydrogen (secondary N) is 2. The number of pyridine rings is 1. The zero-order valence-electron chi connectivity index (χ0n) is 15.6. The molecule has 0 radical (unpaired) electrons.